The third-order valence-corrected chi connectivity index (χ3v) is 6.90. The lowest BCUT2D eigenvalue weighted by molar-refractivity contribution is -0.308. The zero-order valence-electron chi connectivity index (χ0n) is 22.7. The molecule has 5 unspecified atom stereocenters. The Bertz CT molecular complexity index is 1270. The maximum atomic E-state index is 10.4. The molecular weight excluding hydrogens is 504 g/mol. The van der Waals surface area contributed by atoms with Crippen molar-refractivity contribution in [1.82, 2.24) is 0 Å². The van der Waals surface area contributed by atoms with Crippen LogP contribution in [0.25, 0.3) is 0 Å². The Kier molecular flexibility index (Phi) is 9.96. The molecule has 0 saturated carbocycles. The van der Waals surface area contributed by atoms with Crippen molar-refractivity contribution in [1.29, 1.82) is 0 Å². The van der Waals surface area contributed by atoms with Crippen molar-refractivity contribution in [3.63, 3.8) is 0 Å². The minimum atomic E-state index is -0.832. The van der Waals surface area contributed by atoms with E-state index in [0.717, 1.165) is 22.3 Å². The molecule has 4 aromatic rings. The molecule has 0 amide bonds. The molecule has 1 fully saturated rings. The van der Waals surface area contributed by atoms with E-state index in [-0.39, 0.29) is 6.61 Å². The second-order valence-corrected chi connectivity index (χ2v) is 9.94. The topological polar surface area (TPSA) is 66.4 Å². The van der Waals surface area contributed by atoms with E-state index in [1.54, 1.807) is 0 Å². The Hall–Kier alpha value is -3.52. The van der Waals surface area contributed by atoms with Gasteiger partial charge in [0.05, 0.1) is 26.4 Å². The van der Waals surface area contributed by atoms with E-state index in [0.29, 0.717) is 25.6 Å². The SMILES string of the molecule is Cc1ccc(OC2OC(CO)C(OCc3ccccc3)C(OCc3ccccc3)C2OCc2ccccc2)cc1. The summed E-state index contributed by atoms with van der Waals surface area (Å²) in [5.74, 6) is 0.645. The standard InChI is InChI=1S/C34H36O6/c1-25-17-19-29(20-18-25)39-34-33(38-24-28-15-9-4-10-16-28)32(37-23-27-13-7-3-8-14-27)31(30(21-35)40-34)36-22-26-11-5-2-6-12-26/h2-20,30-35H,21-24H2,1H3. The Morgan fingerprint density at radius 3 is 1.50 bits per heavy atom. The minimum Gasteiger partial charge on any atom is -0.462 e. The van der Waals surface area contributed by atoms with E-state index in [4.69, 9.17) is 23.7 Å². The molecule has 0 aromatic heterocycles. The van der Waals surface area contributed by atoms with Gasteiger partial charge in [0.15, 0.2) is 0 Å². The Morgan fingerprint density at radius 1 is 0.575 bits per heavy atom. The highest BCUT2D eigenvalue weighted by Gasteiger charge is 2.49. The van der Waals surface area contributed by atoms with Gasteiger partial charge < -0.3 is 28.8 Å². The fraction of sp³-hybridized carbons (Fsp3) is 0.294. The highest BCUT2D eigenvalue weighted by molar-refractivity contribution is 5.26. The molecule has 1 aliphatic heterocycles. The van der Waals surface area contributed by atoms with Crippen LogP contribution in [-0.4, -0.2) is 42.4 Å². The smallest absolute Gasteiger partial charge is 0.229 e. The van der Waals surface area contributed by atoms with Gasteiger partial charge in [-0.25, -0.2) is 0 Å². The van der Waals surface area contributed by atoms with Gasteiger partial charge in [-0.15, -0.1) is 0 Å². The molecule has 1 aliphatic rings. The van der Waals surface area contributed by atoms with E-state index in [2.05, 4.69) is 0 Å². The first-order chi connectivity index (χ1) is 19.7. The van der Waals surface area contributed by atoms with Crippen LogP contribution in [-0.2, 0) is 38.8 Å². The van der Waals surface area contributed by atoms with Gasteiger partial charge in [0, 0.05) is 0 Å². The van der Waals surface area contributed by atoms with Gasteiger partial charge in [-0.2, -0.15) is 0 Å². The average molecular weight is 541 g/mol. The molecule has 5 atom stereocenters. The highest BCUT2D eigenvalue weighted by Crippen LogP contribution is 2.32. The highest BCUT2D eigenvalue weighted by atomic mass is 16.7. The summed E-state index contributed by atoms with van der Waals surface area (Å²) in [4.78, 5) is 0. The maximum Gasteiger partial charge on any atom is 0.229 e. The summed E-state index contributed by atoms with van der Waals surface area (Å²) in [5, 5.41) is 10.4. The minimum absolute atomic E-state index is 0.260. The number of aliphatic hydroxyl groups is 1. The molecule has 208 valence electrons. The summed E-state index contributed by atoms with van der Waals surface area (Å²) in [6.45, 7) is 2.78. The fourth-order valence-electron chi connectivity index (χ4n) is 4.74. The van der Waals surface area contributed by atoms with Crippen LogP contribution < -0.4 is 4.74 Å². The normalized spacial score (nSPS) is 22.6. The molecule has 0 radical (unpaired) electrons. The Labute approximate surface area is 236 Å². The number of hydrogen-bond acceptors (Lipinski definition) is 6. The zero-order valence-corrected chi connectivity index (χ0v) is 22.7. The molecule has 6 nitrogen and oxygen atoms in total. The number of aliphatic hydroxyl groups excluding tert-OH is 1. The summed E-state index contributed by atoms with van der Waals surface area (Å²) in [6, 6.07) is 37.6. The number of aryl methyl sites for hydroxylation is 1. The average Bonchev–Trinajstić information content (AvgIpc) is 3.01. The lowest BCUT2D eigenvalue weighted by Crippen LogP contribution is -2.62. The van der Waals surface area contributed by atoms with Crippen LogP contribution in [0, 0.1) is 6.92 Å². The van der Waals surface area contributed by atoms with E-state index in [1.807, 2.05) is 122 Å². The predicted molar refractivity (Wildman–Crippen MR) is 153 cm³/mol. The van der Waals surface area contributed by atoms with Crippen LogP contribution in [0.4, 0.5) is 0 Å². The van der Waals surface area contributed by atoms with Crippen molar-refractivity contribution in [3.8, 4) is 5.75 Å². The van der Waals surface area contributed by atoms with Gasteiger partial charge >= 0.3 is 0 Å². The van der Waals surface area contributed by atoms with E-state index in [9.17, 15) is 5.11 Å². The predicted octanol–water partition coefficient (Wildman–Crippen LogP) is 5.85. The number of benzene rings is 4. The van der Waals surface area contributed by atoms with Crippen LogP contribution in [0.3, 0.4) is 0 Å². The summed E-state index contributed by atoms with van der Waals surface area (Å²) < 4.78 is 32.2. The zero-order chi connectivity index (χ0) is 27.6. The molecule has 1 N–H and O–H groups in total. The molecule has 0 aliphatic carbocycles. The van der Waals surface area contributed by atoms with Crippen molar-refractivity contribution in [2.75, 3.05) is 6.61 Å². The van der Waals surface area contributed by atoms with Crippen molar-refractivity contribution in [3.05, 3.63) is 138 Å². The Morgan fingerprint density at radius 2 is 1.02 bits per heavy atom. The van der Waals surface area contributed by atoms with Crippen LogP contribution in [0.2, 0.25) is 0 Å². The molecular formula is C34H36O6. The summed E-state index contributed by atoms with van der Waals surface area (Å²) in [7, 11) is 0. The molecule has 1 saturated heterocycles. The third kappa shape index (κ3) is 7.56. The maximum absolute atomic E-state index is 10.4. The van der Waals surface area contributed by atoms with Crippen molar-refractivity contribution in [2.45, 2.75) is 57.5 Å². The molecule has 0 spiro atoms. The lowest BCUT2D eigenvalue weighted by atomic mass is 9.97. The number of rotatable bonds is 12. The van der Waals surface area contributed by atoms with Crippen LogP contribution in [0.15, 0.2) is 115 Å². The van der Waals surface area contributed by atoms with E-state index >= 15 is 0 Å². The monoisotopic (exact) mass is 540 g/mol. The van der Waals surface area contributed by atoms with Gasteiger partial charge in [-0.1, -0.05) is 109 Å². The third-order valence-electron chi connectivity index (χ3n) is 6.90. The number of hydrogen-bond donors (Lipinski definition) is 1. The first-order valence-electron chi connectivity index (χ1n) is 13.7. The van der Waals surface area contributed by atoms with Crippen molar-refractivity contribution in [2.24, 2.45) is 0 Å². The Balaban J connectivity index is 1.44. The largest absolute Gasteiger partial charge is 0.462 e. The van der Waals surface area contributed by atoms with Crippen molar-refractivity contribution >= 4 is 0 Å². The van der Waals surface area contributed by atoms with Gasteiger partial charge in [0.1, 0.15) is 30.2 Å². The van der Waals surface area contributed by atoms with E-state index < -0.39 is 30.7 Å². The lowest BCUT2D eigenvalue weighted by Gasteiger charge is -2.45. The van der Waals surface area contributed by atoms with Crippen molar-refractivity contribution < 1.29 is 28.8 Å². The van der Waals surface area contributed by atoms with Gasteiger partial charge in [-0.05, 0) is 35.7 Å². The summed E-state index contributed by atoms with van der Waals surface area (Å²) in [5.41, 5.74) is 4.18. The second-order valence-electron chi connectivity index (χ2n) is 9.94. The van der Waals surface area contributed by atoms with Crippen LogP contribution in [0.1, 0.15) is 22.3 Å². The molecule has 5 rings (SSSR count). The number of ether oxygens (including phenoxy) is 5. The van der Waals surface area contributed by atoms with E-state index in [1.165, 1.54) is 0 Å². The second kappa shape index (κ2) is 14.2. The van der Waals surface area contributed by atoms with Gasteiger partial charge in [-0.3, -0.25) is 0 Å². The molecule has 1 heterocycles. The molecule has 6 heteroatoms. The fourth-order valence-corrected chi connectivity index (χ4v) is 4.74. The molecule has 40 heavy (non-hydrogen) atoms. The first kappa shape index (κ1) is 28.0. The summed E-state index contributed by atoms with van der Waals surface area (Å²) >= 11 is 0. The van der Waals surface area contributed by atoms with Crippen LogP contribution >= 0.6 is 0 Å². The molecule has 0 bridgehead atoms. The van der Waals surface area contributed by atoms with Gasteiger partial charge in [0.2, 0.25) is 6.29 Å². The summed E-state index contributed by atoms with van der Waals surface area (Å²) in [6.07, 6.45) is -3.35. The first-order valence-corrected chi connectivity index (χ1v) is 13.7. The molecule has 4 aromatic carbocycles. The quantitative estimate of drug-likeness (QED) is 0.243. The van der Waals surface area contributed by atoms with Crippen LogP contribution in [0.5, 0.6) is 5.75 Å². The van der Waals surface area contributed by atoms with Gasteiger partial charge in [0.25, 0.3) is 0 Å².